The van der Waals surface area contributed by atoms with Gasteiger partial charge in [0.1, 0.15) is 0 Å². The number of sulfonamides is 1. The molecule has 21 heavy (non-hydrogen) atoms. The van der Waals surface area contributed by atoms with E-state index in [4.69, 9.17) is 0 Å². The minimum absolute atomic E-state index is 0.0237. The summed E-state index contributed by atoms with van der Waals surface area (Å²) in [5.74, 6) is 0. The topological polar surface area (TPSA) is 69.6 Å². The average molecular weight is 312 g/mol. The third kappa shape index (κ3) is 3.75. The molecule has 0 unspecified atom stereocenters. The highest BCUT2D eigenvalue weighted by molar-refractivity contribution is 7.89. The third-order valence-corrected chi connectivity index (χ3v) is 5.86. The Balaban J connectivity index is 2.24. The van der Waals surface area contributed by atoms with Gasteiger partial charge < -0.3 is 10.4 Å². The van der Waals surface area contributed by atoms with Crippen molar-refractivity contribution in [3.8, 4) is 0 Å². The minimum Gasteiger partial charge on any atom is -0.395 e. The molecule has 2 N–H and O–H groups in total. The highest BCUT2D eigenvalue weighted by atomic mass is 32.2. The van der Waals surface area contributed by atoms with Gasteiger partial charge in [-0.3, -0.25) is 0 Å². The van der Waals surface area contributed by atoms with Crippen LogP contribution in [0, 0.1) is 0 Å². The monoisotopic (exact) mass is 312 g/mol. The van der Waals surface area contributed by atoms with E-state index in [0.29, 0.717) is 4.90 Å². The number of anilines is 1. The van der Waals surface area contributed by atoms with Crippen LogP contribution in [0.5, 0.6) is 0 Å². The van der Waals surface area contributed by atoms with Crippen LogP contribution in [0.1, 0.15) is 32.6 Å². The van der Waals surface area contributed by atoms with Gasteiger partial charge in [-0.1, -0.05) is 12.8 Å². The van der Waals surface area contributed by atoms with Gasteiger partial charge in [0.15, 0.2) is 0 Å². The van der Waals surface area contributed by atoms with Crippen molar-refractivity contribution in [3.05, 3.63) is 24.3 Å². The molecule has 0 heterocycles. The van der Waals surface area contributed by atoms with Crippen LogP contribution in [-0.2, 0) is 10.0 Å². The van der Waals surface area contributed by atoms with Crippen LogP contribution in [-0.4, -0.2) is 43.6 Å². The van der Waals surface area contributed by atoms with E-state index < -0.39 is 10.0 Å². The molecule has 1 fully saturated rings. The Morgan fingerprint density at radius 3 is 2.38 bits per heavy atom. The summed E-state index contributed by atoms with van der Waals surface area (Å²) in [5, 5.41) is 12.4. The lowest BCUT2D eigenvalue weighted by Crippen LogP contribution is -2.40. The Bertz CT molecular complexity index is 537. The van der Waals surface area contributed by atoms with Crippen molar-refractivity contribution in [2.45, 2.75) is 43.5 Å². The highest BCUT2D eigenvalue weighted by Gasteiger charge is 2.32. The summed E-state index contributed by atoms with van der Waals surface area (Å²) in [5.41, 5.74) is 0.908. The second-order valence-corrected chi connectivity index (χ2v) is 7.22. The zero-order valence-corrected chi connectivity index (χ0v) is 13.3. The van der Waals surface area contributed by atoms with Gasteiger partial charge in [0.25, 0.3) is 0 Å². The minimum atomic E-state index is -3.53. The van der Waals surface area contributed by atoms with E-state index in [1.807, 2.05) is 6.92 Å². The molecule has 1 aromatic carbocycles. The van der Waals surface area contributed by atoms with Crippen LogP contribution in [0.4, 0.5) is 5.69 Å². The number of hydrogen-bond donors (Lipinski definition) is 2. The summed E-state index contributed by atoms with van der Waals surface area (Å²) in [4.78, 5) is 0.296. The van der Waals surface area contributed by atoms with Crippen LogP contribution in [0.3, 0.4) is 0 Å². The van der Waals surface area contributed by atoms with Gasteiger partial charge in [-0.15, -0.1) is 0 Å². The second-order valence-electron chi connectivity index (χ2n) is 5.33. The fraction of sp³-hybridized carbons (Fsp3) is 0.600. The molecule has 1 saturated carbocycles. The van der Waals surface area contributed by atoms with Crippen LogP contribution in [0.25, 0.3) is 0 Å². The zero-order chi connectivity index (χ0) is 15.3. The van der Waals surface area contributed by atoms with Crippen LogP contribution >= 0.6 is 0 Å². The van der Waals surface area contributed by atoms with Crippen molar-refractivity contribution < 1.29 is 13.5 Å². The molecular weight excluding hydrogens is 288 g/mol. The van der Waals surface area contributed by atoms with Gasteiger partial charge in [-0.25, -0.2) is 8.42 Å². The molecule has 0 amide bonds. The Hall–Kier alpha value is -1.11. The van der Waals surface area contributed by atoms with Crippen molar-refractivity contribution in [1.82, 2.24) is 4.31 Å². The van der Waals surface area contributed by atoms with E-state index in [1.165, 1.54) is 4.31 Å². The van der Waals surface area contributed by atoms with E-state index >= 15 is 0 Å². The summed E-state index contributed by atoms with van der Waals surface area (Å²) < 4.78 is 27.0. The number of nitrogens with zero attached hydrogens (tertiary/aromatic N) is 1. The summed E-state index contributed by atoms with van der Waals surface area (Å²) in [7, 11) is -3.53. The first-order valence-electron chi connectivity index (χ1n) is 7.56. The first kappa shape index (κ1) is 16.3. The molecule has 1 aliphatic rings. The maximum atomic E-state index is 12.8. The number of benzene rings is 1. The zero-order valence-electron chi connectivity index (χ0n) is 12.5. The summed E-state index contributed by atoms with van der Waals surface area (Å²) in [6.07, 6.45) is 3.88. The lowest BCUT2D eigenvalue weighted by Gasteiger charge is -2.27. The molecule has 6 heteroatoms. The van der Waals surface area contributed by atoms with Crippen molar-refractivity contribution >= 4 is 15.7 Å². The van der Waals surface area contributed by atoms with Gasteiger partial charge in [0.2, 0.25) is 10.0 Å². The predicted octanol–water partition coefficient (Wildman–Crippen LogP) is 2.04. The highest BCUT2D eigenvalue weighted by Crippen LogP contribution is 2.28. The first-order valence-corrected chi connectivity index (χ1v) is 9.00. The molecule has 0 aromatic heterocycles. The van der Waals surface area contributed by atoms with Gasteiger partial charge in [0, 0.05) is 24.8 Å². The van der Waals surface area contributed by atoms with E-state index in [-0.39, 0.29) is 19.2 Å². The van der Waals surface area contributed by atoms with Crippen LogP contribution in [0.2, 0.25) is 0 Å². The Labute approximate surface area is 127 Å². The Morgan fingerprint density at radius 2 is 1.86 bits per heavy atom. The Kier molecular flexibility index (Phi) is 5.61. The van der Waals surface area contributed by atoms with Crippen LogP contribution in [0.15, 0.2) is 29.2 Å². The fourth-order valence-electron chi connectivity index (χ4n) is 2.87. The largest absolute Gasteiger partial charge is 0.395 e. The summed E-state index contributed by atoms with van der Waals surface area (Å²) in [6, 6.07) is 6.85. The quantitative estimate of drug-likeness (QED) is 0.808. The number of nitrogens with one attached hydrogen (secondary N) is 1. The second kappa shape index (κ2) is 7.24. The van der Waals surface area contributed by atoms with E-state index in [9.17, 15) is 13.5 Å². The van der Waals surface area contributed by atoms with Gasteiger partial charge in [-0.2, -0.15) is 4.31 Å². The number of aliphatic hydroxyl groups is 1. The SMILES string of the molecule is CCNc1ccc(S(=O)(=O)N(CCO)C2CCCC2)cc1. The summed E-state index contributed by atoms with van der Waals surface area (Å²) in [6.45, 7) is 2.81. The number of aliphatic hydroxyl groups excluding tert-OH is 1. The van der Waals surface area contributed by atoms with E-state index in [0.717, 1.165) is 37.9 Å². The molecule has 0 spiro atoms. The maximum absolute atomic E-state index is 12.8. The first-order chi connectivity index (χ1) is 10.1. The third-order valence-electron chi connectivity index (χ3n) is 3.89. The number of rotatable bonds is 7. The van der Waals surface area contributed by atoms with E-state index in [2.05, 4.69) is 5.32 Å². The van der Waals surface area contributed by atoms with Gasteiger partial charge in [-0.05, 0) is 44.0 Å². The van der Waals surface area contributed by atoms with Gasteiger partial charge in [0.05, 0.1) is 11.5 Å². The molecule has 0 saturated heterocycles. The average Bonchev–Trinajstić information content (AvgIpc) is 2.99. The summed E-state index contributed by atoms with van der Waals surface area (Å²) >= 11 is 0. The molecule has 0 atom stereocenters. The predicted molar refractivity (Wildman–Crippen MR) is 83.8 cm³/mol. The Morgan fingerprint density at radius 1 is 1.24 bits per heavy atom. The van der Waals surface area contributed by atoms with E-state index in [1.54, 1.807) is 24.3 Å². The van der Waals surface area contributed by atoms with Crippen LogP contribution < -0.4 is 5.32 Å². The molecule has 0 aliphatic heterocycles. The fourth-order valence-corrected chi connectivity index (χ4v) is 4.55. The molecule has 5 nitrogen and oxygen atoms in total. The molecule has 0 radical (unpaired) electrons. The van der Waals surface area contributed by atoms with Crippen molar-refractivity contribution in [2.24, 2.45) is 0 Å². The maximum Gasteiger partial charge on any atom is 0.243 e. The molecular formula is C15H24N2O3S. The normalized spacial score (nSPS) is 16.5. The molecule has 0 bridgehead atoms. The lowest BCUT2D eigenvalue weighted by molar-refractivity contribution is 0.226. The number of hydrogen-bond acceptors (Lipinski definition) is 4. The lowest BCUT2D eigenvalue weighted by atomic mass is 10.2. The molecule has 1 aliphatic carbocycles. The van der Waals surface area contributed by atoms with Gasteiger partial charge >= 0.3 is 0 Å². The molecule has 118 valence electrons. The van der Waals surface area contributed by atoms with Crippen molar-refractivity contribution in [1.29, 1.82) is 0 Å². The molecule has 1 aromatic rings. The van der Waals surface area contributed by atoms with Crippen molar-refractivity contribution in [3.63, 3.8) is 0 Å². The molecule has 2 rings (SSSR count). The smallest absolute Gasteiger partial charge is 0.243 e. The standard InChI is InChI=1S/C15H24N2O3S/c1-2-16-13-7-9-15(10-8-13)21(19,20)17(11-12-18)14-5-3-4-6-14/h7-10,14,16,18H,2-6,11-12H2,1H3. The van der Waals surface area contributed by atoms with Crippen molar-refractivity contribution in [2.75, 3.05) is 25.0 Å².